The van der Waals surface area contributed by atoms with Gasteiger partial charge in [-0.3, -0.25) is 9.48 Å². The minimum atomic E-state index is -0.488. The largest absolute Gasteiger partial charge is 0.448 e. The van der Waals surface area contributed by atoms with Crippen molar-refractivity contribution in [2.24, 2.45) is 0 Å². The van der Waals surface area contributed by atoms with E-state index in [1.54, 1.807) is 17.1 Å². The molecule has 138 valence electrons. The minimum Gasteiger partial charge on any atom is -0.448 e. The van der Waals surface area contributed by atoms with Crippen LogP contribution >= 0.6 is 0 Å². The number of nitrogens with zero attached hydrogens (tertiary/aromatic N) is 3. The van der Waals surface area contributed by atoms with Crippen molar-refractivity contribution in [1.29, 1.82) is 0 Å². The number of likely N-dealkylation sites (N-methyl/N-ethyl adjacent to an activating group) is 1. The number of carbonyl (C=O) groups is 1. The quantitative estimate of drug-likeness (QED) is 0.892. The summed E-state index contributed by atoms with van der Waals surface area (Å²) in [5.41, 5.74) is 1.22. The molecule has 1 aromatic carbocycles. The van der Waals surface area contributed by atoms with Gasteiger partial charge in [-0.2, -0.15) is 5.10 Å². The molecule has 0 radical (unpaired) electrons. The zero-order chi connectivity index (χ0) is 18.1. The number of amides is 1. The highest BCUT2D eigenvalue weighted by atomic mass is 16.7. The first-order chi connectivity index (χ1) is 12.5. The van der Waals surface area contributed by atoms with E-state index in [0.717, 1.165) is 44.5 Å². The molecule has 1 aliphatic carbocycles. The van der Waals surface area contributed by atoms with E-state index in [1.807, 2.05) is 32.3 Å². The van der Waals surface area contributed by atoms with Crippen LogP contribution < -0.4 is 14.8 Å². The Labute approximate surface area is 152 Å². The van der Waals surface area contributed by atoms with Gasteiger partial charge in [0.2, 0.25) is 0 Å². The molecule has 1 spiro atoms. The van der Waals surface area contributed by atoms with E-state index in [9.17, 15) is 4.79 Å². The van der Waals surface area contributed by atoms with Gasteiger partial charge in [0.05, 0.1) is 18.3 Å². The highest BCUT2D eigenvalue weighted by Crippen LogP contribution is 2.47. The van der Waals surface area contributed by atoms with Crippen LogP contribution in [-0.2, 0) is 6.54 Å². The monoisotopic (exact) mass is 356 g/mol. The smallest absolute Gasteiger partial charge is 0.258 e. The maximum atomic E-state index is 12.5. The Morgan fingerprint density at radius 2 is 2.04 bits per heavy atom. The van der Waals surface area contributed by atoms with Gasteiger partial charge in [-0.25, -0.2) is 0 Å². The van der Waals surface area contributed by atoms with Gasteiger partial charge >= 0.3 is 0 Å². The predicted octanol–water partition coefficient (Wildman–Crippen LogP) is 2.74. The molecule has 0 atom stereocenters. The lowest BCUT2D eigenvalue weighted by molar-refractivity contribution is -0.0716. The fourth-order valence-electron chi connectivity index (χ4n) is 3.40. The Morgan fingerprint density at radius 1 is 1.27 bits per heavy atom. The first-order valence-electron chi connectivity index (χ1n) is 9.04. The molecule has 0 unspecified atom stereocenters. The van der Waals surface area contributed by atoms with Gasteiger partial charge in [0, 0.05) is 37.3 Å². The average molecular weight is 356 g/mol. The molecule has 2 aliphatic rings. The van der Waals surface area contributed by atoms with Crippen LogP contribution in [0.2, 0.25) is 0 Å². The summed E-state index contributed by atoms with van der Waals surface area (Å²) >= 11 is 0. The molecule has 1 fully saturated rings. The third-order valence-electron chi connectivity index (χ3n) is 4.83. The van der Waals surface area contributed by atoms with E-state index >= 15 is 0 Å². The van der Waals surface area contributed by atoms with E-state index in [4.69, 9.17) is 9.47 Å². The molecule has 1 amide bonds. The Morgan fingerprint density at radius 3 is 2.81 bits per heavy atom. The number of anilines is 1. The molecule has 1 N–H and O–H groups in total. The van der Waals surface area contributed by atoms with Crippen molar-refractivity contribution in [3.8, 4) is 11.5 Å². The highest BCUT2D eigenvalue weighted by molar-refractivity contribution is 6.04. The minimum absolute atomic E-state index is 0.185. The van der Waals surface area contributed by atoms with Crippen molar-refractivity contribution in [1.82, 2.24) is 14.7 Å². The van der Waals surface area contributed by atoms with Crippen LogP contribution in [0.1, 0.15) is 36.0 Å². The van der Waals surface area contributed by atoms with Crippen molar-refractivity contribution in [3.63, 3.8) is 0 Å². The molecule has 0 bridgehead atoms. The summed E-state index contributed by atoms with van der Waals surface area (Å²) in [7, 11) is 4.01. The van der Waals surface area contributed by atoms with E-state index in [-0.39, 0.29) is 5.91 Å². The number of rotatable bonds is 5. The number of hydrogen-bond donors (Lipinski definition) is 1. The topological polar surface area (TPSA) is 68.6 Å². The molecular weight excluding hydrogens is 332 g/mol. The number of nitrogens with one attached hydrogen (secondary N) is 1. The van der Waals surface area contributed by atoms with E-state index in [0.29, 0.717) is 17.0 Å². The number of hydrogen-bond acceptors (Lipinski definition) is 5. The van der Waals surface area contributed by atoms with Crippen LogP contribution in [0.15, 0.2) is 30.6 Å². The summed E-state index contributed by atoms with van der Waals surface area (Å²) in [5, 5.41) is 7.15. The van der Waals surface area contributed by atoms with Gasteiger partial charge in [0.1, 0.15) is 0 Å². The Balaban J connectivity index is 1.41. The zero-order valence-electron chi connectivity index (χ0n) is 15.2. The molecule has 7 heteroatoms. The Bertz CT molecular complexity index is 809. The lowest BCUT2D eigenvalue weighted by Crippen LogP contribution is -2.34. The third kappa shape index (κ3) is 3.39. The van der Waals surface area contributed by atoms with Crippen molar-refractivity contribution >= 4 is 11.6 Å². The maximum Gasteiger partial charge on any atom is 0.258 e. The number of carbonyl (C=O) groups excluding carboxylic acids is 1. The fraction of sp³-hybridized carbons (Fsp3) is 0.474. The van der Waals surface area contributed by atoms with Gasteiger partial charge in [-0.05, 0) is 39.1 Å². The van der Waals surface area contributed by atoms with Crippen LogP contribution in [0, 0.1) is 0 Å². The molecule has 1 aliphatic heterocycles. The van der Waals surface area contributed by atoms with E-state index in [2.05, 4.69) is 15.3 Å². The SMILES string of the molecule is CN(C)CCn1cc(C(=O)Nc2ccc3c(c2)OC2(CCCC2)O3)cn1. The van der Waals surface area contributed by atoms with Crippen LogP contribution in [0.3, 0.4) is 0 Å². The molecule has 26 heavy (non-hydrogen) atoms. The summed E-state index contributed by atoms with van der Waals surface area (Å²) in [5.74, 6) is 0.779. The molecule has 7 nitrogen and oxygen atoms in total. The highest BCUT2D eigenvalue weighted by Gasteiger charge is 2.44. The number of aromatic nitrogens is 2. The predicted molar refractivity (Wildman–Crippen MR) is 97.6 cm³/mol. The first kappa shape index (κ1) is 16.9. The van der Waals surface area contributed by atoms with Crippen LogP contribution in [0.25, 0.3) is 0 Å². The number of ether oxygens (including phenoxy) is 2. The summed E-state index contributed by atoms with van der Waals surface area (Å²) < 4.78 is 13.8. The Hall–Kier alpha value is -2.54. The van der Waals surface area contributed by atoms with Crippen molar-refractivity contribution in [2.45, 2.75) is 38.0 Å². The van der Waals surface area contributed by atoms with E-state index < -0.39 is 5.79 Å². The van der Waals surface area contributed by atoms with Crippen LogP contribution in [-0.4, -0.2) is 47.0 Å². The summed E-state index contributed by atoms with van der Waals surface area (Å²) in [6.45, 7) is 1.61. The molecule has 2 aromatic rings. The average Bonchev–Trinajstić information content (AvgIpc) is 3.32. The summed E-state index contributed by atoms with van der Waals surface area (Å²) in [6, 6.07) is 5.53. The molecule has 4 rings (SSSR count). The van der Waals surface area contributed by atoms with Crippen molar-refractivity contribution in [3.05, 3.63) is 36.2 Å². The summed E-state index contributed by atoms with van der Waals surface area (Å²) in [6.07, 6.45) is 7.42. The Kier molecular flexibility index (Phi) is 4.32. The third-order valence-corrected chi connectivity index (χ3v) is 4.83. The van der Waals surface area contributed by atoms with E-state index in [1.165, 1.54) is 0 Å². The lowest BCUT2D eigenvalue weighted by Gasteiger charge is -2.21. The second kappa shape index (κ2) is 6.64. The molecular formula is C19H24N4O3. The maximum absolute atomic E-state index is 12.5. The normalized spacial score (nSPS) is 17.2. The molecule has 1 saturated carbocycles. The second-order valence-electron chi connectivity index (χ2n) is 7.23. The molecule has 0 saturated heterocycles. The van der Waals surface area contributed by atoms with Gasteiger partial charge in [0.25, 0.3) is 11.7 Å². The van der Waals surface area contributed by atoms with Crippen molar-refractivity contribution in [2.75, 3.05) is 26.0 Å². The number of benzene rings is 1. The van der Waals surface area contributed by atoms with Gasteiger partial charge in [-0.1, -0.05) is 0 Å². The lowest BCUT2D eigenvalue weighted by atomic mass is 10.2. The van der Waals surface area contributed by atoms with Gasteiger partial charge in [-0.15, -0.1) is 0 Å². The van der Waals surface area contributed by atoms with Crippen molar-refractivity contribution < 1.29 is 14.3 Å². The molecule has 1 aromatic heterocycles. The second-order valence-corrected chi connectivity index (χ2v) is 7.23. The standard InChI is InChI=1S/C19H24N4O3/c1-22(2)9-10-23-13-14(12-20-23)18(24)21-15-5-6-16-17(11-15)26-19(25-16)7-3-4-8-19/h5-6,11-13H,3-4,7-10H2,1-2H3,(H,21,24). The van der Waals surface area contributed by atoms with Crippen LogP contribution in [0.4, 0.5) is 5.69 Å². The number of fused-ring (bicyclic) bond motifs is 1. The summed E-state index contributed by atoms with van der Waals surface area (Å²) in [4.78, 5) is 14.5. The first-order valence-corrected chi connectivity index (χ1v) is 9.04. The zero-order valence-corrected chi connectivity index (χ0v) is 15.2. The molecule has 2 heterocycles. The fourth-order valence-corrected chi connectivity index (χ4v) is 3.40. The van der Waals surface area contributed by atoms with Gasteiger partial charge in [0.15, 0.2) is 11.5 Å². The van der Waals surface area contributed by atoms with Crippen LogP contribution in [0.5, 0.6) is 11.5 Å². The van der Waals surface area contributed by atoms with Gasteiger partial charge < -0.3 is 19.7 Å².